The molecule has 16 heavy (non-hydrogen) atoms. The van der Waals surface area contributed by atoms with Crippen LogP contribution in [0.3, 0.4) is 0 Å². The van der Waals surface area contributed by atoms with E-state index in [0.717, 1.165) is 13.0 Å². The van der Waals surface area contributed by atoms with Crippen molar-refractivity contribution < 1.29 is 9.47 Å². The van der Waals surface area contributed by atoms with Gasteiger partial charge in [0.15, 0.2) is 0 Å². The van der Waals surface area contributed by atoms with Crippen LogP contribution in [0.4, 0.5) is 0 Å². The van der Waals surface area contributed by atoms with E-state index in [1.165, 1.54) is 24.8 Å². The Morgan fingerprint density at radius 2 is 2.00 bits per heavy atom. The second-order valence-electron chi connectivity index (χ2n) is 4.83. The summed E-state index contributed by atoms with van der Waals surface area (Å²) in [4.78, 5) is 0. The minimum absolute atomic E-state index is 0.0578. The third-order valence-corrected chi connectivity index (χ3v) is 3.99. The largest absolute Gasteiger partial charge is 0.355 e. The number of benzene rings is 1. The molecular formula is C14H18O2. The van der Waals surface area contributed by atoms with Gasteiger partial charge in [0.1, 0.15) is 12.4 Å². The van der Waals surface area contributed by atoms with Crippen molar-refractivity contribution in [3.05, 3.63) is 35.9 Å². The fourth-order valence-electron chi connectivity index (χ4n) is 3.14. The van der Waals surface area contributed by atoms with Gasteiger partial charge in [-0.15, -0.1) is 0 Å². The van der Waals surface area contributed by atoms with Gasteiger partial charge in [-0.2, -0.15) is 0 Å². The topological polar surface area (TPSA) is 18.5 Å². The molecule has 1 aromatic carbocycles. The molecule has 1 saturated heterocycles. The van der Waals surface area contributed by atoms with Crippen molar-refractivity contribution in [1.29, 1.82) is 0 Å². The highest BCUT2D eigenvalue weighted by Gasteiger charge is 2.45. The summed E-state index contributed by atoms with van der Waals surface area (Å²) in [6, 6.07) is 10.7. The van der Waals surface area contributed by atoms with Gasteiger partial charge in [0, 0.05) is 5.92 Å². The molecule has 1 heterocycles. The Kier molecular flexibility index (Phi) is 2.70. The highest BCUT2D eigenvalue weighted by atomic mass is 16.7. The second kappa shape index (κ2) is 4.19. The van der Waals surface area contributed by atoms with Gasteiger partial charge in [-0.3, -0.25) is 0 Å². The summed E-state index contributed by atoms with van der Waals surface area (Å²) in [6.07, 6.45) is 4.96. The van der Waals surface area contributed by atoms with Crippen LogP contribution < -0.4 is 0 Å². The molecule has 1 aliphatic carbocycles. The zero-order valence-electron chi connectivity index (χ0n) is 9.52. The third kappa shape index (κ3) is 1.57. The maximum absolute atomic E-state index is 6.03. The molecule has 2 heteroatoms. The summed E-state index contributed by atoms with van der Waals surface area (Å²) in [7, 11) is 0. The van der Waals surface area contributed by atoms with Crippen molar-refractivity contribution in [3.63, 3.8) is 0 Å². The maximum atomic E-state index is 6.03. The molecule has 0 bridgehead atoms. The molecule has 2 atom stereocenters. The van der Waals surface area contributed by atoms with Gasteiger partial charge < -0.3 is 9.47 Å². The summed E-state index contributed by atoms with van der Waals surface area (Å²) in [5.41, 5.74) is 1.28. The molecule has 1 aromatic rings. The van der Waals surface area contributed by atoms with E-state index in [9.17, 15) is 0 Å². The van der Waals surface area contributed by atoms with Gasteiger partial charge >= 0.3 is 0 Å². The number of fused-ring (bicyclic) bond motifs is 1. The monoisotopic (exact) mass is 218 g/mol. The van der Waals surface area contributed by atoms with Crippen molar-refractivity contribution in [1.82, 2.24) is 0 Å². The molecule has 0 unspecified atom stereocenters. The lowest BCUT2D eigenvalue weighted by Crippen LogP contribution is -2.47. The van der Waals surface area contributed by atoms with Crippen molar-refractivity contribution in [3.8, 4) is 0 Å². The smallest absolute Gasteiger partial charge is 0.147 e. The lowest BCUT2D eigenvalue weighted by atomic mass is 9.71. The Morgan fingerprint density at radius 3 is 2.88 bits per heavy atom. The highest BCUT2D eigenvalue weighted by Crippen LogP contribution is 2.46. The zero-order chi connectivity index (χ0) is 10.8. The average Bonchev–Trinajstić information content (AvgIpc) is 2.40. The van der Waals surface area contributed by atoms with Crippen LogP contribution in [-0.4, -0.2) is 13.4 Å². The molecule has 1 saturated carbocycles. The minimum atomic E-state index is -0.0578. The Hall–Kier alpha value is -0.860. The molecule has 3 rings (SSSR count). The molecule has 0 amide bonds. The van der Waals surface area contributed by atoms with E-state index in [1.54, 1.807) is 0 Å². The molecule has 0 aromatic heterocycles. The highest BCUT2D eigenvalue weighted by molar-refractivity contribution is 5.24. The Labute approximate surface area is 96.6 Å². The summed E-state index contributed by atoms with van der Waals surface area (Å²) in [6.45, 7) is 1.31. The van der Waals surface area contributed by atoms with Crippen LogP contribution in [-0.2, 0) is 15.1 Å². The summed E-state index contributed by atoms with van der Waals surface area (Å²) in [5, 5.41) is 0. The first-order valence-electron chi connectivity index (χ1n) is 6.19. The van der Waals surface area contributed by atoms with Crippen LogP contribution in [0.2, 0.25) is 0 Å². The van der Waals surface area contributed by atoms with Crippen molar-refractivity contribution >= 4 is 0 Å². The average molecular weight is 218 g/mol. The fourth-order valence-corrected chi connectivity index (χ4v) is 3.14. The number of hydrogen-bond acceptors (Lipinski definition) is 2. The van der Waals surface area contributed by atoms with Crippen molar-refractivity contribution in [2.75, 3.05) is 13.4 Å². The predicted molar refractivity (Wildman–Crippen MR) is 62.0 cm³/mol. The minimum Gasteiger partial charge on any atom is -0.355 e. The van der Waals surface area contributed by atoms with Gasteiger partial charge in [0.25, 0.3) is 0 Å². The third-order valence-electron chi connectivity index (χ3n) is 3.99. The van der Waals surface area contributed by atoms with Crippen LogP contribution in [0.5, 0.6) is 0 Å². The van der Waals surface area contributed by atoms with E-state index < -0.39 is 0 Å². The standard InChI is InChI=1S/C14H18O2/c1-2-6-12(7-3-1)14-9-5-4-8-13(14)10-15-11-16-14/h1-3,6-7,13H,4-5,8-11H2/t13-,14+/m1/s1. The summed E-state index contributed by atoms with van der Waals surface area (Å²) >= 11 is 0. The SMILES string of the molecule is c1ccc([C@@]23CCCC[C@@H]2COCO3)cc1. The Morgan fingerprint density at radius 1 is 1.12 bits per heavy atom. The molecular weight excluding hydrogens is 200 g/mol. The number of hydrogen-bond donors (Lipinski definition) is 0. The fraction of sp³-hybridized carbons (Fsp3) is 0.571. The molecule has 0 N–H and O–H groups in total. The molecule has 1 aliphatic heterocycles. The van der Waals surface area contributed by atoms with Gasteiger partial charge in [0.05, 0.1) is 6.61 Å². The van der Waals surface area contributed by atoms with Crippen LogP contribution in [0, 0.1) is 5.92 Å². The number of rotatable bonds is 1. The second-order valence-corrected chi connectivity index (χ2v) is 4.83. The Bertz CT molecular complexity index is 335. The summed E-state index contributed by atoms with van der Waals surface area (Å²) in [5.74, 6) is 0.539. The van der Waals surface area contributed by atoms with Crippen LogP contribution >= 0.6 is 0 Å². The first kappa shape index (κ1) is 10.3. The molecule has 2 fully saturated rings. The van der Waals surface area contributed by atoms with E-state index >= 15 is 0 Å². The normalized spacial score (nSPS) is 34.4. The lowest BCUT2D eigenvalue weighted by molar-refractivity contribution is -0.244. The van der Waals surface area contributed by atoms with Gasteiger partial charge in [-0.1, -0.05) is 43.2 Å². The van der Waals surface area contributed by atoms with Crippen LogP contribution in [0.25, 0.3) is 0 Å². The molecule has 0 spiro atoms. The number of ether oxygens (including phenoxy) is 2. The van der Waals surface area contributed by atoms with E-state index in [0.29, 0.717) is 12.7 Å². The lowest BCUT2D eigenvalue weighted by Gasteiger charge is -2.47. The molecule has 2 nitrogen and oxygen atoms in total. The van der Waals surface area contributed by atoms with E-state index in [1.807, 2.05) is 0 Å². The maximum Gasteiger partial charge on any atom is 0.147 e. The van der Waals surface area contributed by atoms with E-state index in [4.69, 9.17) is 9.47 Å². The molecule has 2 aliphatic rings. The molecule has 0 radical (unpaired) electrons. The van der Waals surface area contributed by atoms with Crippen LogP contribution in [0.1, 0.15) is 31.2 Å². The first-order valence-corrected chi connectivity index (χ1v) is 6.19. The predicted octanol–water partition coefficient (Wildman–Crippen LogP) is 3.08. The first-order chi connectivity index (χ1) is 7.92. The van der Waals surface area contributed by atoms with Gasteiger partial charge in [-0.25, -0.2) is 0 Å². The van der Waals surface area contributed by atoms with Crippen LogP contribution in [0.15, 0.2) is 30.3 Å². The van der Waals surface area contributed by atoms with E-state index in [-0.39, 0.29) is 5.60 Å². The quantitative estimate of drug-likeness (QED) is 0.721. The van der Waals surface area contributed by atoms with E-state index in [2.05, 4.69) is 30.3 Å². The van der Waals surface area contributed by atoms with Crippen molar-refractivity contribution in [2.45, 2.75) is 31.3 Å². The summed E-state index contributed by atoms with van der Waals surface area (Å²) < 4.78 is 11.5. The zero-order valence-corrected chi connectivity index (χ0v) is 9.52. The molecule has 86 valence electrons. The Balaban J connectivity index is 1.98. The van der Waals surface area contributed by atoms with Crippen molar-refractivity contribution in [2.24, 2.45) is 5.92 Å². The van der Waals surface area contributed by atoms with Gasteiger partial charge in [0.2, 0.25) is 0 Å². The van der Waals surface area contributed by atoms with Gasteiger partial charge in [-0.05, 0) is 18.4 Å².